The largest absolute Gasteiger partial charge is 0.484 e. The fourth-order valence-electron chi connectivity index (χ4n) is 5.02. The molecule has 2 aliphatic heterocycles. The average molecular weight is 567 g/mol. The number of para-hydroxylation sites is 1. The maximum absolute atomic E-state index is 13.4. The van der Waals surface area contributed by atoms with Crippen molar-refractivity contribution >= 4 is 35.2 Å². The van der Waals surface area contributed by atoms with Crippen molar-refractivity contribution in [1.29, 1.82) is 0 Å². The number of nitrogens with zero attached hydrogens (tertiary/aromatic N) is 2. The van der Waals surface area contributed by atoms with Crippen LogP contribution in [-0.4, -0.2) is 57.4 Å². The maximum atomic E-state index is 13.4. The normalized spacial score (nSPS) is 20.7. The summed E-state index contributed by atoms with van der Waals surface area (Å²) in [6.07, 6.45) is 5.34. The second-order valence-corrected chi connectivity index (χ2v) is 11.0. The van der Waals surface area contributed by atoms with Crippen LogP contribution in [-0.2, 0) is 25.7 Å². The van der Waals surface area contributed by atoms with Crippen molar-refractivity contribution in [1.82, 2.24) is 15.5 Å². The number of nitro groups is 1. The van der Waals surface area contributed by atoms with E-state index in [1.54, 1.807) is 24.3 Å². The van der Waals surface area contributed by atoms with Crippen LogP contribution in [0.4, 0.5) is 5.69 Å². The molecule has 0 unspecified atom stereocenters. The van der Waals surface area contributed by atoms with Gasteiger partial charge in [0.2, 0.25) is 0 Å². The third-order valence-corrected chi connectivity index (χ3v) is 8.37. The zero-order chi connectivity index (χ0) is 28.1. The summed E-state index contributed by atoms with van der Waals surface area (Å²) in [7, 11) is 0. The Morgan fingerprint density at radius 2 is 1.77 bits per heavy atom. The molecule has 1 saturated carbocycles. The number of nitrogens with one attached hydrogen (secondary N) is 2. The first-order valence-corrected chi connectivity index (χ1v) is 14.3. The molecular weight excluding hydrogens is 536 g/mol. The van der Waals surface area contributed by atoms with Crippen LogP contribution in [0.2, 0.25) is 0 Å². The van der Waals surface area contributed by atoms with Crippen LogP contribution in [0.3, 0.4) is 0 Å². The van der Waals surface area contributed by atoms with Crippen molar-refractivity contribution < 1.29 is 28.8 Å². The van der Waals surface area contributed by atoms with Crippen LogP contribution in [0.5, 0.6) is 5.75 Å². The van der Waals surface area contributed by atoms with Crippen LogP contribution >= 0.6 is 11.8 Å². The highest BCUT2D eigenvalue weighted by Gasteiger charge is 2.54. The summed E-state index contributed by atoms with van der Waals surface area (Å²) in [6, 6.07) is 14.1. The highest BCUT2D eigenvalue weighted by atomic mass is 32.2. The molecule has 2 aromatic rings. The number of benzene rings is 2. The molecule has 2 fully saturated rings. The summed E-state index contributed by atoms with van der Waals surface area (Å²) in [5.74, 6) is -0.478. The van der Waals surface area contributed by atoms with Crippen molar-refractivity contribution in [2.45, 2.75) is 56.2 Å². The number of rotatable bonds is 10. The van der Waals surface area contributed by atoms with Gasteiger partial charge in [0.25, 0.3) is 17.5 Å². The van der Waals surface area contributed by atoms with Crippen LogP contribution in [0, 0.1) is 10.1 Å². The summed E-state index contributed by atoms with van der Waals surface area (Å²) < 4.78 is 11.1. The first kappa shape index (κ1) is 27.5. The number of hydrogen-bond donors (Lipinski definition) is 2. The third kappa shape index (κ3) is 6.22. The lowest BCUT2D eigenvalue weighted by Gasteiger charge is -2.50. The fourth-order valence-corrected chi connectivity index (χ4v) is 6.32. The SMILES string of the molecule is O=C(COc1ccccc1)N[C@@H]1C(=O)N2C(C(=O)OCc3ccc([N+](=O)[O-])cc3)=C(NC3CCCCC3)CS[C@@H]12. The van der Waals surface area contributed by atoms with Crippen molar-refractivity contribution in [2.75, 3.05) is 12.4 Å². The second kappa shape index (κ2) is 12.4. The van der Waals surface area contributed by atoms with Gasteiger partial charge < -0.3 is 20.1 Å². The standard InChI is InChI=1S/C28H30N4O7S/c33-23(16-38-21-9-5-2-6-10-21)30-24-26(34)31-25(22(17-40-27(24)31)29-19-7-3-1-4-8-19)28(35)39-15-18-11-13-20(14-12-18)32(36)37/h2,5-6,9-14,19,24,27,29H,1,3-4,7-8,15-17H2,(H,30,33)/t24-,27+/m1/s1. The molecule has 11 nitrogen and oxygen atoms in total. The number of fused-ring (bicyclic) bond motifs is 1. The molecule has 2 amide bonds. The molecule has 0 radical (unpaired) electrons. The maximum Gasteiger partial charge on any atom is 0.357 e. The van der Waals surface area contributed by atoms with E-state index in [-0.39, 0.29) is 30.6 Å². The molecular formula is C28H30N4O7S. The summed E-state index contributed by atoms with van der Waals surface area (Å²) in [5.41, 5.74) is 1.33. The number of carbonyl (C=O) groups is 3. The molecule has 3 aliphatic rings. The number of esters is 1. The van der Waals surface area contributed by atoms with Crippen LogP contribution < -0.4 is 15.4 Å². The van der Waals surface area contributed by atoms with Gasteiger partial charge in [-0.15, -0.1) is 11.8 Å². The molecule has 0 spiro atoms. The Morgan fingerprint density at radius 1 is 1.05 bits per heavy atom. The topological polar surface area (TPSA) is 140 Å². The molecule has 1 saturated heterocycles. The molecule has 2 N–H and O–H groups in total. The Balaban J connectivity index is 1.27. The van der Waals surface area contributed by atoms with Gasteiger partial charge in [0.1, 0.15) is 23.8 Å². The van der Waals surface area contributed by atoms with E-state index in [1.807, 2.05) is 6.07 Å². The van der Waals surface area contributed by atoms with Gasteiger partial charge >= 0.3 is 5.97 Å². The number of amides is 2. The van der Waals surface area contributed by atoms with Crippen LogP contribution in [0.25, 0.3) is 0 Å². The van der Waals surface area contributed by atoms with Crippen molar-refractivity contribution in [3.8, 4) is 5.75 Å². The smallest absolute Gasteiger partial charge is 0.357 e. The minimum Gasteiger partial charge on any atom is -0.484 e. The van der Waals surface area contributed by atoms with E-state index >= 15 is 0 Å². The number of β-lactam (4-membered cyclic amide) rings is 1. The molecule has 2 heterocycles. The lowest BCUT2D eigenvalue weighted by Crippen LogP contribution is -2.71. The monoisotopic (exact) mass is 566 g/mol. The zero-order valence-electron chi connectivity index (χ0n) is 21.7. The molecule has 12 heteroatoms. The molecule has 1 aliphatic carbocycles. The van der Waals surface area contributed by atoms with E-state index in [1.165, 1.54) is 47.3 Å². The Hall–Kier alpha value is -4.06. The Bertz CT molecular complexity index is 1300. The van der Waals surface area contributed by atoms with Gasteiger partial charge in [-0.05, 0) is 42.7 Å². The Kier molecular flexibility index (Phi) is 8.54. The lowest BCUT2D eigenvalue weighted by molar-refractivity contribution is -0.384. The lowest BCUT2D eigenvalue weighted by atomic mass is 9.95. The van der Waals surface area contributed by atoms with Gasteiger partial charge in [0.15, 0.2) is 12.3 Å². The molecule has 2 atom stereocenters. The minimum absolute atomic E-state index is 0.0580. The van der Waals surface area contributed by atoms with Gasteiger partial charge in [0.05, 0.1) is 10.6 Å². The number of hydrogen-bond acceptors (Lipinski definition) is 9. The first-order chi connectivity index (χ1) is 19.4. The van der Waals surface area contributed by atoms with Crippen molar-refractivity contribution in [3.05, 3.63) is 81.7 Å². The predicted octanol–water partition coefficient (Wildman–Crippen LogP) is 3.25. The van der Waals surface area contributed by atoms with Crippen molar-refractivity contribution in [3.63, 3.8) is 0 Å². The highest BCUT2D eigenvalue weighted by Crippen LogP contribution is 2.40. The molecule has 210 valence electrons. The summed E-state index contributed by atoms with van der Waals surface area (Å²) in [6.45, 7) is -0.340. The van der Waals surface area contributed by atoms with Gasteiger partial charge in [-0.25, -0.2) is 4.79 Å². The predicted molar refractivity (Wildman–Crippen MR) is 147 cm³/mol. The zero-order valence-corrected chi connectivity index (χ0v) is 22.6. The van der Waals surface area contributed by atoms with Crippen molar-refractivity contribution in [2.24, 2.45) is 0 Å². The van der Waals surface area contributed by atoms with E-state index in [0.717, 1.165) is 25.7 Å². The van der Waals surface area contributed by atoms with Gasteiger partial charge in [-0.2, -0.15) is 0 Å². The van der Waals surface area contributed by atoms with E-state index in [0.29, 0.717) is 22.8 Å². The second-order valence-electron chi connectivity index (χ2n) is 9.86. The van der Waals surface area contributed by atoms with E-state index < -0.39 is 34.1 Å². The van der Waals surface area contributed by atoms with E-state index in [2.05, 4.69) is 10.6 Å². The number of non-ortho nitro benzene ring substituents is 1. The Morgan fingerprint density at radius 3 is 2.48 bits per heavy atom. The summed E-state index contributed by atoms with van der Waals surface area (Å²) in [5, 5.41) is 16.7. The third-order valence-electron chi connectivity index (χ3n) is 7.09. The van der Waals surface area contributed by atoms with E-state index in [4.69, 9.17) is 9.47 Å². The first-order valence-electron chi connectivity index (χ1n) is 13.2. The average Bonchev–Trinajstić information content (AvgIpc) is 2.98. The molecule has 0 bridgehead atoms. The fraction of sp³-hybridized carbons (Fsp3) is 0.393. The quantitative estimate of drug-likeness (QED) is 0.192. The minimum atomic E-state index is -0.787. The van der Waals surface area contributed by atoms with Gasteiger partial charge in [-0.3, -0.25) is 24.6 Å². The summed E-state index contributed by atoms with van der Waals surface area (Å²) in [4.78, 5) is 51.0. The van der Waals surface area contributed by atoms with Gasteiger partial charge in [-0.1, -0.05) is 37.5 Å². The number of thioether (sulfide) groups is 1. The molecule has 5 rings (SSSR count). The molecule has 40 heavy (non-hydrogen) atoms. The highest BCUT2D eigenvalue weighted by molar-refractivity contribution is 8.00. The molecule has 2 aromatic carbocycles. The van der Waals surface area contributed by atoms with Crippen LogP contribution in [0.1, 0.15) is 37.7 Å². The number of ether oxygens (including phenoxy) is 2. The number of nitro benzene ring substituents is 1. The van der Waals surface area contributed by atoms with Gasteiger partial charge in [0, 0.05) is 23.9 Å². The van der Waals surface area contributed by atoms with E-state index in [9.17, 15) is 24.5 Å². The number of carbonyl (C=O) groups excluding carboxylic acids is 3. The molecule has 0 aromatic heterocycles. The summed E-state index contributed by atoms with van der Waals surface area (Å²) >= 11 is 1.48. The Labute approximate surface area is 235 Å². The van der Waals surface area contributed by atoms with Crippen LogP contribution in [0.15, 0.2) is 66.0 Å².